The van der Waals surface area contributed by atoms with Crippen LogP contribution in [0, 0.1) is 23.2 Å². The van der Waals surface area contributed by atoms with E-state index >= 15 is 0 Å². The largest absolute Gasteiger partial charge is 0.331 e. The number of thiazole rings is 1. The average molecular weight is 531 g/mol. The summed E-state index contributed by atoms with van der Waals surface area (Å²) in [5.74, 6) is 2.45. The summed E-state index contributed by atoms with van der Waals surface area (Å²) in [6, 6.07) is 11.5. The summed E-state index contributed by atoms with van der Waals surface area (Å²) < 4.78 is 1.09. The third-order valence-corrected chi connectivity index (χ3v) is 9.68. The topological polar surface area (TPSA) is 54.0 Å². The highest BCUT2D eigenvalue weighted by Crippen LogP contribution is 2.61. The Hall–Kier alpha value is -1.73. The highest BCUT2D eigenvalue weighted by molar-refractivity contribution is 7.80. The van der Waals surface area contributed by atoms with Crippen LogP contribution in [0.2, 0.25) is 10.0 Å². The van der Waals surface area contributed by atoms with Crippen LogP contribution in [-0.4, -0.2) is 16.0 Å². The van der Waals surface area contributed by atoms with Gasteiger partial charge in [0.1, 0.15) is 5.01 Å². The SMILES string of the molecule is O=C(CC12CC3CC(CC(C3)C1)C2)NC(=S)Nc1cc(-c2nc3ccccc3s2)c(Cl)cc1Cl. The van der Waals surface area contributed by atoms with Crippen molar-refractivity contribution in [3.05, 3.63) is 46.4 Å². The van der Waals surface area contributed by atoms with Gasteiger partial charge in [0.05, 0.1) is 25.9 Å². The molecule has 0 unspecified atom stereocenters. The van der Waals surface area contributed by atoms with Crippen LogP contribution >= 0.6 is 46.8 Å². The number of nitrogens with one attached hydrogen (secondary N) is 2. The molecule has 8 heteroatoms. The van der Waals surface area contributed by atoms with Crippen molar-refractivity contribution >= 4 is 73.7 Å². The summed E-state index contributed by atoms with van der Waals surface area (Å²) >= 11 is 20.0. The number of rotatable bonds is 4. The molecular formula is C26H25Cl2N3OS2. The van der Waals surface area contributed by atoms with Gasteiger partial charge in [-0.2, -0.15) is 0 Å². The van der Waals surface area contributed by atoms with Crippen LogP contribution in [0.5, 0.6) is 0 Å². The van der Waals surface area contributed by atoms with Gasteiger partial charge in [-0.1, -0.05) is 35.3 Å². The Morgan fingerprint density at radius 1 is 1.06 bits per heavy atom. The first kappa shape index (κ1) is 22.7. The van der Waals surface area contributed by atoms with E-state index in [9.17, 15) is 4.79 Å². The Morgan fingerprint density at radius 2 is 1.74 bits per heavy atom. The molecule has 4 aliphatic rings. The number of halogens is 2. The number of para-hydroxylation sites is 1. The Morgan fingerprint density at radius 3 is 2.41 bits per heavy atom. The second-order valence-electron chi connectivity index (χ2n) is 10.4. The molecule has 4 bridgehead atoms. The van der Waals surface area contributed by atoms with Gasteiger partial charge in [-0.05, 0) is 98.2 Å². The van der Waals surface area contributed by atoms with Crippen molar-refractivity contribution in [3.63, 3.8) is 0 Å². The zero-order valence-corrected chi connectivity index (χ0v) is 21.7. The smallest absolute Gasteiger partial charge is 0.226 e. The molecule has 4 aliphatic carbocycles. The van der Waals surface area contributed by atoms with Crippen LogP contribution in [0.25, 0.3) is 20.8 Å². The first-order valence-electron chi connectivity index (χ1n) is 11.8. The number of carbonyl (C=O) groups is 1. The molecule has 0 spiro atoms. The molecule has 176 valence electrons. The maximum atomic E-state index is 13.0. The van der Waals surface area contributed by atoms with Crippen molar-refractivity contribution in [1.29, 1.82) is 0 Å². The maximum Gasteiger partial charge on any atom is 0.226 e. The molecule has 1 aromatic heterocycles. The van der Waals surface area contributed by atoms with E-state index in [1.165, 1.54) is 38.5 Å². The van der Waals surface area contributed by atoms with E-state index in [0.29, 0.717) is 22.2 Å². The van der Waals surface area contributed by atoms with E-state index in [0.717, 1.165) is 38.5 Å². The lowest BCUT2D eigenvalue weighted by molar-refractivity contribution is -0.127. The van der Waals surface area contributed by atoms with Crippen molar-refractivity contribution in [1.82, 2.24) is 10.3 Å². The Bertz CT molecular complexity index is 1240. The van der Waals surface area contributed by atoms with Gasteiger partial charge in [-0.25, -0.2) is 4.98 Å². The number of nitrogens with zero attached hydrogens (tertiary/aromatic N) is 1. The van der Waals surface area contributed by atoms with Crippen molar-refractivity contribution < 1.29 is 4.79 Å². The van der Waals surface area contributed by atoms with Crippen LogP contribution in [-0.2, 0) is 4.79 Å². The molecule has 7 rings (SSSR count). The number of fused-ring (bicyclic) bond motifs is 1. The fourth-order valence-corrected chi connectivity index (χ4v) is 8.76. The van der Waals surface area contributed by atoms with Crippen LogP contribution < -0.4 is 10.6 Å². The quantitative estimate of drug-likeness (QED) is 0.340. The monoisotopic (exact) mass is 529 g/mol. The van der Waals surface area contributed by atoms with Crippen LogP contribution in [0.3, 0.4) is 0 Å². The van der Waals surface area contributed by atoms with Crippen LogP contribution in [0.4, 0.5) is 5.69 Å². The fraction of sp³-hybridized carbons (Fsp3) is 0.423. The Labute approximate surface area is 218 Å². The van der Waals surface area contributed by atoms with Gasteiger partial charge in [0.2, 0.25) is 5.91 Å². The lowest BCUT2D eigenvalue weighted by atomic mass is 9.49. The van der Waals surface area contributed by atoms with Crippen molar-refractivity contribution in [2.24, 2.45) is 23.2 Å². The second-order valence-corrected chi connectivity index (χ2v) is 12.6. The fourth-order valence-electron chi connectivity index (χ4n) is 6.97. The molecule has 4 fully saturated rings. The zero-order valence-electron chi connectivity index (χ0n) is 18.6. The van der Waals surface area contributed by atoms with Crippen molar-refractivity contribution in [2.75, 3.05) is 5.32 Å². The summed E-state index contributed by atoms with van der Waals surface area (Å²) in [6.45, 7) is 0. The van der Waals surface area contributed by atoms with Gasteiger partial charge >= 0.3 is 0 Å². The minimum Gasteiger partial charge on any atom is -0.331 e. The average Bonchev–Trinajstić information content (AvgIpc) is 3.18. The number of amides is 1. The van der Waals surface area contributed by atoms with E-state index in [1.54, 1.807) is 17.4 Å². The molecular weight excluding hydrogens is 505 g/mol. The summed E-state index contributed by atoms with van der Waals surface area (Å²) in [7, 11) is 0. The van der Waals surface area contributed by atoms with Gasteiger partial charge < -0.3 is 10.6 Å². The molecule has 4 saturated carbocycles. The Balaban J connectivity index is 1.16. The molecule has 1 heterocycles. The highest BCUT2D eigenvalue weighted by atomic mass is 35.5. The van der Waals surface area contributed by atoms with E-state index in [2.05, 4.69) is 10.6 Å². The molecule has 34 heavy (non-hydrogen) atoms. The molecule has 0 aliphatic heterocycles. The number of hydrogen-bond acceptors (Lipinski definition) is 4. The second kappa shape index (κ2) is 8.74. The third-order valence-electron chi connectivity index (χ3n) is 7.78. The summed E-state index contributed by atoms with van der Waals surface area (Å²) in [4.78, 5) is 17.7. The molecule has 0 saturated heterocycles. The summed E-state index contributed by atoms with van der Waals surface area (Å²) in [6.07, 6.45) is 8.25. The number of hydrogen-bond donors (Lipinski definition) is 2. The number of benzene rings is 2. The predicted octanol–water partition coefficient (Wildman–Crippen LogP) is 7.69. The van der Waals surface area contributed by atoms with Gasteiger partial charge in [0.15, 0.2) is 5.11 Å². The first-order valence-corrected chi connectivity index (χ1v) is 13.8. The first-order chi connectivity index (χ1) is 16.4. The third kappa shape index (κ3) is 4.34. The minimum atomic E-state index is -0.00377. The maximum absolute atomic E-state index is 13.0. The van der Waals surface area contributed by atoms with Gasteiger partial charge in [-0.15, -0.1) is 11.3 Å². The number of thiocarbonyl (C=S) groups is 1. The molecule has 3 aromatic rings. The highest BCUT2D eigenvalue weighted by Gasteiger charge is 2.51. The predicted molar refractivity (Wildman–Crippen MR) is 145 cm³/mol. The van der Waals surface area contributed by atoms with Gasteiger partial charge in [0, 0.05) is 12.0 Å². The number of anilines is 1. The summed E-state index contributed by atoms with van der Waals surface area (Å²) in [5, 5.41) is 8.03. The van der Waals surface area contributed by atoms with Crippen molar-refractivity contribution in [2.45, 2.75) is 44.9 Å². The normalized spacial score (nSPS) is 27.2. The molecule has 0 radical (unpaired) electrons. The molecule has 2 N–H and O–H groups in total. The van der Waals surface area contributed by atoms with Crippen LogP contribution in [0.15, 0.2) is 36.4 Å². The van der Waals surface area contributed by atoms with E-state index in [-0.39, 0.29) is 16.4 Å². The molecule has 0 atom stereocenters. The zero-order chi connectivity index (χ0) is 23.4. The number of carbonyl (C=O) groups excluding carboxylic acids is 1. The number of aromatic nitrogens is 1. The lowest BCUT2D eigenvalue weighted by Gasteiger charge is -2.56. The molecule has 4 nitrogen and oxygen atoms in total. The summed E-state index contributed by atoms with van der Waals surface area (Å²) in [5.41, 5.74) is 2.47. The van der Waals surface area contributed by atoms with E-state index < -0.39 is 0 Å². The van der Waals surface area contributed by atoms with Gasteiger partial charge in [-0.3, -0.25) is 4.79 Å². The Kier molecular flexibility index (Phi) is 5.84. The molecule has 2 aromatic carbocycles. The van der Waals surface area contributed by atoms with E-state index in [1.807, 2.05) is 30.3 Å². The van der Waals surface area contributed by atoms with Crippen molar-refractivity contribution in [3.8, 4) is 10.6 Å². The molecule has 1 amide bonds. The van der Waals surface area contributed by atoms with E-state index in [4.69, 9.17) is 40.4 Å². The minimum absolute atomic E-state index is 0.00377. The lowest BCUT2D eigenvalue weighted by Crippen LogP contribution is -2.48. The van der Waals surface area contributed by atoms with Crippen LogP contribution in [0.1, 0.15) is 44.9 Å². The van der Waals surface area contributed by atoms with Gasteiger partial charge in [0.25, 0.3) is 0 Å². The standard InChI is InChI=1S/C26H25Cl2N3OS2/c27-18-9-19(28)21(8-17(18)24-29-20-3-1-2-4-22(20)34-24)30-25(33)31-23(32)13-26-10-14-5-15(11-26)7-16(6-14)12-26/h1-4,8-9,14-16H,5-7,10-13H2,(H2,30,31,32,33).